The summed E-state index contributed by atoms with van der Waals surface area (Å²) >= 11 is 11.8. The predicted octanol–water partition coefficient (Wildman–Crippen LogP) is 4.62. The van der Waals surface area contributed by atoms with Crippen molar-refractivity contribution < 1.29 is 9.18 Å². The van der Waals surface area contributed by atoms with Crippen molar-refractivity contribution in [1.82, 2.24) is 0 Å². The van der Waals surface area contributed by atoms with Crippen molar-refractivity contribution in [3.8, 4) is 6.07 Å². The molecule has 0 aliphatic rings. The van der Waals surface area contributed by atoms with E-state index in [2.05, 4.69) is 0 Å². The van der Waals surface area contributed by atoms with E-state index < -0.39 is 17.5 Å². The van der Waals surface area contributed by atoms with Gasteiger partial charge in [-0.15, -0.1) is 0 Å². The molecule has 1 unspecified atom stereocenters. The molecule has 0 amide bonds. The summed E-state index contributed by atoms with van der Waals surface area (Å²) in [6.07, 6.45) is 0. The maximum atomic E-state index is 13.8. The minimum Gasteiger partial charge on any atom is -0.292 e. The lowest BCUT2D eigenvalue weighted by molar-refractivity contribution is 0.0977. The van der Waals surface area contributed by atoms with E-state index in [1.54, 1.807) is 18.2 Å². The SMILES string of the molecule is N#CC(C(=O)c1ccccc1Cl)c1c(F)cccc1Cl. The van der Waals surface area contributed by atoms with Gasteiger partial charge in [0.15, 0.2) is 5.78 Å². The minimum absolute atomic E-state index is 0.0388. The molecule has 2 aromatic carbocycles. The lowest BCUT2D eigenvalue weighted by Crippen LogP contribution is -2.14. The van der Waals surface area contributed by atoms with Crippen LogP contribution in [0, 0.1) is 17.1 Å². The van der Waals surface area contributed by atoms with Gasteiger partial charge in [0.2, 0.25) is 0 Å². The predicted molar refractivity (Wildman–Crippen MR) is 75.5 cm³/mol. The fourth-order valence-corrected chi connectivity index (χ4v) is 2.36. The van der Waals surface area contributed by atoms with Crippen molar-refractivity contribution in [2.75, 3.05) is 0 Å². The first-order valence-corrected chi connectivity index (χ1v) is 6.44. The number of hydrogen-bond acceptors (Lipinski definition) is 2. The Morgan fingerprint density at radius 1 is 1.10 bits per heavy atom. The van der Waals surface area contributed by atoms with E-state index >= 15 is 0 Å². The van der Waals surface area contributed by atoms with E-state index in [-0.39, 0.29) is 21.2 Å². The molecule has 0 N–H and O–H groups in total. The van der Waals surface area contributed by atoms with Gasteiger partial charge in [0.25, 0.3) is 0 Å². The summed E-state index contributed by atoms with van der Waals surface area (Å²) in [6, 6.07) is 12.1. The Hall–Kier alpha value is -1.89. The number of ketones is 1. The normalized spacial score (nSPS) is 11.7. The molecule has 0 saturated carbocycles. The zero-order valence-corrected chi connectivity index (χ0v) is 11.6. The van der Waals surface area contributed by atoms with Gasteiger partial charge in [-0.2, -0.15) is 5.26 Å². The van der Waals surface area contributed by atoms with Crippen LogP contribution in [0.1, 0.15) is 21.8 Å². The number of rotatable bonds is 3. The summed E-state index contributed by atoms with van der Waals surface area (Å²) in [5.41, 5.74) is 0.0432. The molecular weight excluding hydrogens is 300 g/mol. The molecule has 0 heterocycles. The zero-order chi connectivity index (χ0) is 14.7. The lowest BCUT2D eigenvalue weighted by atomic mass is 9.91. The Kier molecular flexibility index (Phi) is 4.39. The summed E-state index contributed by atoms with van der Waals surface area (Å²) in [5.74, 6) is -2.60. The molecule has 2 aromatic rings. The first kappa shape index (κ1) is 14.5. The number of benzene rings is 2. The van der Waals surface area contributed by atoms with Gasteiger partial charge in [-0.05, 0) is 24.3 Å². The van der Waals surface area contributed by atoms with Gasteiger partial charge in [-0.1, -0.05) is 41.4 Å². The Morgan fingerprint density at radius 3 is 2.35 bits per heavy atom. The topological polar surface area (TPSA) is 40.9 Å². The minimum atomic E-state index is -1.33. The van der Waals surface area contributed by atoms with Crippen LogP contribution in [-0.4, -0.2) is 5.78 Å². The first-order chi connectivity index (χ1) is 9.56. The quantitative estimate of drug-likeness (QED) is 0.776. The number of nitrogens with zero attached hydrogens (tertiary/aromatic N) is 1. The Morgan fingerprint density at radius 2 is 1.75 bits per heavy atom. The monoisotopic (exact) mass is 307 g/mol. The molecule has 0 aliphatic carbocycles. The van der Waals surface area contributed by atoms with Crippen LogP contribution in [0.15, 0.2) is 42.5 Å². The summed E-state index contributed by atoms with van der Waals surface area (Å²) < 4.78 is 13.8. The van der Waals surface area contributed by atoms with E-state index in [1.165, 1.54) is 24.3 Å². The van der Waals surface area contributed by atoms with Crippen LogP contribution < -0.4 is 0 Å². The first-order valence-electron chi connectivity index (χ1n) is 5.68. The molecule has 20 heavy (non-hydrogen) atoms. The lowest BCUT2D eigenvalue weighted by Gasteiger charge is -2.12. The number of carbonyl (C=O) groups excluding carboxylic acids is 1. The molecule has 0 aliphatic heterocycles. The molecule has 0 spiro atoms. The van der Waals surface area contributed by atoms with Gasteiger partial charge < -0.3 is 0 Å². The van der Waals surface area contributed by atoms with E-state index in [1.807, 2.05) is 0 Å². The molecule has 1 atom stereocenters. The third kappa shape index (κ3) is 2.67. The van der Waals surface area contributed by atoms with Crippen LogP contribution in [0.4, 0.5) is 4.39 Å². The Labute approximate surface area is 125 Å². The Bertz CT molecular complexity index is 689. The van der Waals surface area contributed by atoms with E-state index in [0.717, 1.165) is 6.07 Å². The molecule has 0 radical (unpaired) electrons. The van der Waals surface area contributed by atoms with Crippen LogP contribution >= 0.6 is 23.2 Å². The maximum Gasteiger partial charge on any atom is 0.186 e. The van der Waals surface area contributed by atoms with Crippen LogP contribution in [0.5, 0.6) is 0 Å². The van der Waals surface area contributed by atoms with E-state index in [4.69, 9.17) is 23.2 Å². The second-order valence-corrected chi connectivity index (χ2v) is 4.86. The fourth-order valence-electron chi connectivity index (χ4n) is 1.86. The smallest absolute Gasteiger partial charge is 0.186 e. The molecular formula is C15H8Cl2FNO. The van der Waals surface area contributed by atoms with Gasteiger partial charge in [0.1, 0.15) is 11.7 Å². The van der Waals surface area contributed by atoms with E-state index in [9.17, 15) is 14.4 Å². The second-order valence-electron chi connectivity index (χ2n) is 4.04. The van der Waals surface area contributed by atoms with Crippen molar-refractivity contribution in [2.45, 2.75) is 5.92 Å². The van der Waals surface area contributed by atoms with Crippen LogP contribution in [0.2, 0.25) is 10.0 Å². The summed E-state index contributed by atoms with van der Waals surface area (Å²) in [5, 5.41) is 9.46. The highest BCUT2D eigenvalue weighted by Crippen LogP contribution is 2.31. The summed E-state index contributed by atoms with van der Waals surface area (Å²) in [4.78, 5) is 12.4. The highest BCUT2D eigenvalue weighted by Gasteiger charge is 2.28. The largest absolute Gasteiger partial charge is 0.292 e. The highest BCUT2D eigenvalue weighted by atomic mass is 35.5. The van der Waals surface area contributed by atoms with Crippen LogP contribution in [-0.2, 0) is 0 Å². The standard InChI is InChI=1S/C15H8Cl2FNO/c16-11-5-2-1-4-9(11)15(20)10(8-19)14-12(17)6-3-7-13(14)18/h1-7,10H. The van der Waals surface area contributed by atoms with Gasteiger partial charge in [0.05, 0.1) is 11.1 Å². The number of carbonyl (C=O) groups is 1. The van der Waals surface area contributed by atoms with Crippen molar-refractivity contribution in [1.29, 1.82) is 5.26 Å². The summed E-state index contributed by atoms with van der Waals surface area (Å²) in [7, 11) is 0. The molecule has 0 fully saturated rings. The van der Waals surface area contributed by atoms with Crippen molar-refractivity contribution in [2.24, 2.45) is 0 Å². The molecule has 0 aromatic heterocycles. The number of Topliss-reactive ketones (excluding diaryl/α,β-unsaturated/α-hetero) is 1. The van der Waals surface area contributed by atoms with Crippen molar-refractivity contribution in [3.63, 3.8) is 0 Å². The average Bonchev–Trinajstić information content (AvgIpc) is 2.43. The summed E-state index contributed by atoms with van der Waals surface area (Å²) in [6.45, 7) is 0. The van der Waals surface area contributed by atoms with Crippen molar-refractivity contribution in [3.05, 3.63) is 69.5 Å². The number of nitriles is 1. The van der Waals surface area contributed by atoms with E-state index in [0.29, 0.717) is 0 Å². The van der Waals surface area contributed by atoms with Crippen LogP contribution in [0.25, 0.3) is 0 Å². The maximum absolute atomic E-state index is 13.8. The van der Waals surface area contributed by atoms with Crippen LogP contribution in [0.3, 0.4) is 0 Å². The molecule has 2 rings (SSSR count). The molecule has 0 saturated heterocycles. The molecule has 0 bridgehead atoms. The third-order valence-corrected chi connectivity index (χ3v) is 3.48. The van der Waals surface area contributed by atoms with Gasteiger partial charge >= 0.3 is 0 Å². The van der Waals surface area contributed by atoms with Gasteiger partial charge in [0, 0.05) is 16.1 Å². The van der Waals surface area contributed by atoms with Gasteiger partial charge in [-0.3, -0.25) is 4.79 Å². The number of halogens is 3. The van der Waals surface area contributed by atoms with Crippen molar-refractivity contribution >= 4 is 29.0 Å². The Balaban J connectivity index is 2.52. The highest BCUT2D eigenvalue weighted by molar-refractivity contribution is 6.35. The zero-order valence-electron chi connectivity index (χ0n) is 10.1. The van der Waals surface area contributed by atoms with Gasteiger partial charge in [-0.25, -0.2) is 4.39 Å². The third-order valence-electron chi connectivity index (χ3n) is 2.82. The average molecular weight is 308 g/mol. The molecule has 5 heteroatoms. The molecule has 100 valence electrons. The fraction of sp³-hybridized carbons (Fsp3) is 0.0667. The molecule has 2 nitrogen and oxygen atoms in total. The second kappa shape index (κ2) is 6.04. The number of hydrogen-bond donors (Lipinski definition) is 0.